The summed E-state index contributed by atoms with van der Waals surface area (Å²) >= 11 is 0. The maximum Gasteiger partial charge on any atom is 0.0949 e. The first-order valence-corrected chi connectivity index (χ1v) is 4.43. The van der Waals surface area contributed by atoms with Gasteiger partial charge in [0.2, 0.25) is 0 Å². The highest BCUT2D eigenvalue weighted by Gasteiger charge is 2.09. The van der Waals surface area contributed by atoms with Gasteiger partial charge in [-0.15, -0.1) is 5.10 Å². The maximum atomic E-state index is 9.45. The molecule has 2 aromatic rings. The minimum atomic E-state index is -0.565. The molecule has 1 heterocycles. The van der Waals surface area contributed by atoms with Gasteiger partial charge >= 0.3 is 0 Å². The van der Waals surface area contributed by atoms with Gasteiger partial charge in [0, 0.05) is 0 Å². The number of hydrogen-bond donors (Lipinski definition) is 1. The minimum absolute atomic E-state index is 0.565. The normalized spacial score (nSPS) is 12.7. The van der Waals surface area contributed by atoms with E-state index in [1.807, 2.05) is 30.3 Å². The highest BCUT2D eigenvalue weighted by atomic mass is 16.3. The Balaban J connectivity index is 2.47. The van der Waals surface area contributed by atoms with Gasteiger partial charge < -0.3 is 5.11 Å². The molecule has 0 bridgehead atoms. The van der Waals surface area contributed by atoms with Crippen LogP contribution in [0.25, 0.3) is 5.69 Å². The highest BCUT2D eigenvalue weighted by Crippen LogP contribution is 2.14. The van der Waals surface area contributed by atoms with E-state index in [2.05, 4.69) is 10.3 Å². The number of aliphatic hydroxyl groups excluding tert-OH is 1. The summed E-state index contributed by atoms with van der Waals surface area (Å²) in [6.45, 7) is 1.69. The molecule has 0 fully saturated rings. The summed E-state index contributed by atoms with van der Waals surface area (Å²) in [4.78, 5) is 0. The van der Waals surface area contributed by atoms with Crippen LogP contribution in [0.15, 0.2) is 36.5 Å². The Morgan fingerprint density at radius 3 is 2.64 bits per heavy atom. The second kappa shape index (κ2) is 3.59. The topological polar surface area (TPSA) is 50.9 Å². The molecule has 1 N–H and O–H groups in total. The van der Waals surface area contributed by atoms with Crippen molar-refractivity contribution in [3.05, 3.63) is 42.2 Å². The number of hydrogen-bond acceptors (Lipinski definition) is 3. The van der Waals surface area contributed by atoms with Crippen LogP contribution in [0.5, 0.6) is 0 Å². The van der Waals surface area contributed by atoms with E-state index in [-0.39, 0.29) is 0 Å². The molecule has 1 atom stereocenters. The zero-order chi connectivity index (χ0) is 9.97. The Morgan fingerprint density at radius 1 is 1.29 bits per heavy atom. The minimum Gasteiger partial charge on any atom is -0.387 e. The molecule has 1 aromatic carbocycles. The van der Waals surface area contributed by atoms with Crippen molar-refractivity contribution in [2.24, 2.45) is 0 Å². The van der Waals surface area contributed by atoms with E-state index in [1.165, 1.54) is 0 Å². The fraction of sp³-hybridized carbons (Fsp3) is 0.200. The molecule has 0 amide bonds. The third-order valence-electron chi connectivity index (χ3n) is 2.00. The molecule has 0 aliphatic carbocycles. The van der Waals surface area contributed by atoms with Gasteiger partial charge in [0.25, 0.3) is 0 Å². The average molecular weight is 189 g/mol. The van der Waals surface area contributed by atoms with Crippen molar-refractivity contribution in [2.75, 3.05) is 0 Å². The van der Waals surface area contributed by atoms with E-state index in [4.69, 9.17) is 0 Å². The van der Waals surface area contributed by atoms with E-state index >= 15 is 0 Å². The average Bonchev–Trinajstić information content (AvgIpc) is 2.67. The summed E-state index contributed by atoms with van der Waals surface area (Å²) in [6, 6.07) is 9.61. The maximum absolute atomic E-state index is 9.45. The summed E-state index contributed by atoms with van der Waals surface area (Å²) in [7, 11) is 0. The van der Waals surface area contributed by atoms with Crippen LogP contribution in [0.1, 0.15) is 18.7 Å². The Morgan fingerprint density at radius 2 is 2.00 bits per heavy atom. The first-order chi connectivity index (χ1) is 6.79. The monoisotopic (exact) mass is 189 g/mol. The van der Waals surface area contributed by atoms with E-state index in [9.17, 15) is 5.11 Å². The van der Waals surface area contributed by atoms with E-state index < -0.39 is 6.10 Å². The number of rotatable bonds is 2. The van der Waals surface area contributed by atoms with Gasteiger partial charge in [-0.25, -0.2) is 4.68 Å². The van der Waals surface area contributed by atoms with Crippen LogP contribution in [0.3, 0.4) is 0 Å². The molecule has 2 rings (SSSR count). The molecule has 0 saturated heterocycles. The van der Waals surface area contributed by atoms with Crippen LogP contribution in [0.4, 0.5) is 0 Å². The summed E-state index contributed by atoms with van der Waals surface area (Å²) in [5, 5.41) is 17.1. The van der Waals surface area contributed by atoms with Gasteiger partial charge in [0.15, 0.2) is 0 Å². The number of aliphatic hydroxyl groups is 1. The molecule has 0 radical (unpaired) electrons. The molecule has 1 unspecified atom stereocenters. The molecule has 1 aromatic heterocycles. The molecule has 0 saturated carbocycles. The Hall–Kier alpha value is -1.68. The van der Waals surface area contributed by atoms with E-state index in [0.29, 0.717) is 5.69 Å². The zero-order valence-corrected chi connectivity index (χ0v) is 7.83. The molecule has 4 heteroatoms. The van der Waals surface area contributed by atoms with Crippen molar-refractivity contribution >= 4 is 0 Å². The lowest BCUT2D eigenvalue weighted by Crippen LogP contribution is -2.04. The van der Waals surface area contributed by atoms with Crippen LogP contribution in [0, 0.1) is 0 Å². The van der Waals surface area contributed by atoms with Crippen LogP contribution in [0.2, 0.25) is 0 Å². The van der Waals surface area contributed by atoms with Crippen molar-refractivity contribution in [2.45, 2.75) is 13.0 Å². The van der Waals surface area contributed by atoms with Crippen LogP contribution < -0.4 is 0 Å². The lowest BCUT2D eigenvalue weighted by molar-refractivity contribution is 0.191. The fourth-order valence-electron chi connectivity index (χ4n) is 1.30. The predicted molar refractivity (Wildman–Crippen MR) is 52.0 cm³/mol. The lowest BCUT2D eigenvalue weighted by atomic mass is 10.2. The summed E-state index contributed by atoms with van der Waals surface area (Å²) < 4.78 is 1.63. The van der Waals surface area contributed by atoms with Gasteiger partial charge in [-0.1, -0.05) is 23.4 Å². The fourth-order valence-corrected chi connectivity index (χ4v) is 1.30. The molecule has 0 aliphatic rings. The summed E-state index contributed by atoms with van der Waals surface area (Å²) in [6.07, 6.45) is 1.00. The molecule has 0 aliphatic heterocycles. The highest BCUT2D eigenvalue weighted by molar-refractivity contribution is 5.31. The summed E-state index contributed by atoms with van der Waals surface area (Å²) in [5.74, 6) is 0. The van der Waals surface area contributed by atoms with Gasteiger partial charge in [-0.3, -0.25) is 0 Å². The van der Waals surface area contributed by atoms with Gasteiger partial charge in [0.05, 0.1) is 23.7 Å². The Labute approximate surface area is 81.8 Å². The Kier molecular flexibility index (Phi) is 2.28. The number of nitrogens with zero attached hydrogens (tertiary/aromatic N) is 3. The molecule has 4 nitrogen and oxygen atoms in total. The molecular formula is C10H11N3O. The van der Waals surface area contributed by atoms with Crippen molar-refractivity contribution in [1.29, 1.82) is 0 Å². The first-order valence-electron chi connectivity index (χ1n) is 4.43. The third kappa shape index (κ3) is 1.52. The van der Waals surface area contributed by atoms with Gasteiger partial charge in [0.1, 0.15) is 0 Å². The van der Waals surface area contributed by atoms with Gasteiger partial charge in [-0.05, 0) is 19.1 Å². The predicted octanol–water partition coefficient (Wildman–Crippen LogP) is 1.32. The molecule has 14 heavy (non-hydrogen) atoms. The van der Waals surface area contributed by atoms with Gasteiger partial charge in [-0.2, -0.15) is 0 Å². The van der Waals surface area contributed by atoms with E-state index in [0.717, 1.165) is 5.69 Å². The van der Waals surface area contributed by atoms with Crippen LogP contribution >= 0.6 is 0 Å². The second-order valence-electron chi connectivity index (χ2n) is 3.08. The number of aromatic nitrogens is 3. The largest absolute Gasteiger partial charge is 0.387 e. The van der Waals surface area contributed by atoms with Crippen molar-refractivity contribution in [3.8, 4) is 5.69 Å². The van der Waals surface area contributed by atoms with Crippen molar-refractivity contribution in [1.82, 2.24) is 15.0 Å². The Bertz CT molecular complexity index is 408. The third-order valence-corrected chi connectivity index (χ3v) is 2.00. The van der Waals surface area contributed by atoms with Crippen LogP contribution in [-0.4, -0.2) is 20.1 Å². The standard InChI is InChI=1S/C10H11N3O/c1-8(14)10-7-11-12-13(10)9-5-3-2-4-6-9/h2-8,14H,1H3. The zero-order valence-electron chi connectivity index (χ0n) is 7.83. The first kappa shape index (κ1) is 8.90. The van der Waals surface area contributed by atoms with Crippen molar-refractivity contribution in [3.63, 3.8) is 0 Å². The lowest BCUT2D eigenvalue weighted by Gasteiger charge is -2.07. The smallest absolute Gasteiger partial charge is 0.0949 e. The number of para-hydroxylation sites is 1. The molecule has 72 valence electrons. The second-order valence-corrected chi connectivity index (χ2v) is 3.08. The molecule has 0 spiro atoms. The van der Waals surface area contributed by atoms with E-state index in [1.54, 1.807) is 17.8 Å². The summed E-state index contributed by atoms with van der Waals surface area (Å²) in [5.41, 5.74) is 1.59. The SMILES string of the molecule is CC(O)c1cnnn1-c1ccccc1. The quantitative estimate of drug-likeness (QED) is 0.775. The van der Waals surface area contributed by atoms with Crippen molar-refractivity contribution < 1.29 is 5.11 Å². The molecular weight excluding hydrogens is 178 g/mol. The van der Waals surface area contributed by atoms with Crippen LogP contribution in [-0.2, 0) is 0 Å². The number of benzene rings is 1.